The van der Waals surface area contributed by atoms with Crippen LogP contribution in [0.3, 0.4) is 0 Å². The number of nitrogens with one attached hydrogen (secondary N) is 1. The molecule has 0 radical (unpaired) electrons. The van der Waals surface area contributed by atoms with Gasteiger partial charge in [-0.2, -0.15) is 0 Å². The summed E-state index contributed by atoms with van der Waals surface area (Å²) < 4.78 is 2.14. The number of fused-ring (bicyclic) bond motifs is 1. The molecule has 0 bridgehead atoms. The van der Waals surface area contributed by atoms with Crippen LogP contribution >= 0.6 is 0 Å². The van der Waals surface area contributed by atoms with Crippen molar-refractivity contribution in [1.82, 2.24) is 19.9 Å². The largest absolute Gasteiger partial charge is 0.353 e. The Morgan fingerprint density at radius 3 is 3.21 bits per heavy atom. The first-order valence-corrected chi connectivity index (χ1v) is 6.48. The van der Waals surface area contributed by atoms with Crippen LogP contribution < -0.4 is 5.32 Å². The maximum atomic E-state index is 12.0. The van der Waals surface area contributed by atoms with Crippen molar-refractivity contribution < 1.29 is 4.79 Å². The molecule has 19 heavy (non-hydrogen) atoms. The highest BCUT2D eigenvalue weighted by Crippen LogP contribution is 2.14. The van der Waals surface area contributed by atoms with Crippen LogP contribution in [0.15, 0.2) is 37.1 Å². The molecule has 98 valence electrons. The SMILES string of the molecule is O=C(Cc1cccnc1)NC1CCn2cncc2C1. The van der Waals surface area contributed by atoms with Gasteiger partial charge in [-0.15, -0.1) is 0 Å². The molecule has 2 aromatic heterocycles. The first kappa shape index (κ1) is 11.9. The lowest BCUT2D eigenvalue weighted by Gasteiger charge is -2.24. The molecule has 1 N–H and O–H groups in total. The van der Waals surface area contributed by atoms with Crippen LogP contribution in [-0.2, 0) is 24.2 Å². The minimum Gasteiger partial charge on any atom is -0.353 e. The highest BCUT2D eigenvalue weighted by molar-refractivity contribution is 5.78. The molecule has 3 heterocycles. The summed E-state index contributed by atoms with van der Waals surface area (Å²) in [6.07, 6.45) is 9.38. The van der Waals surface area contributed by atoms with Gasteiger partial charge in [0.05, 0.1) is 12.7 Å². The summed E-state index contributed by atoms with van der Waals surface area (Å²) in [6.45, 7) is 0.924. The number of pyridine rings is 1. The Morgan fingerprint density at radius 1 is 1.42 bits per heavy atom. The zero-order chi connectivity index (χ0) is 13.1. The van der Waals surface area contributed by atoms with Gasteiger partial charge in [-0.05, 0) is 18.1 Å². The number of hydrogen-bond donors (Lipinski definition) is 1. The standard InChI is InChI=1S/C14H16N4O/c19-14(6-11-2-1-4-15-8-11)17-12-3-5-18-10-16-9-13(18)7-12/h1-2,4,8-10,12H,3,5-7H2,(H,17,19). The average molecular weight is 256 g/mol. The third-order valence-corrected chi connectivity index (χ3v) is 3.43. The third kappa shape index (κ3) is 2.81. The highest BCUT2D eigenvalue weighted by atomic mass is 16.1. The predicted octanol–water partition coefficient (Wildman–Crippen LogP) is 0.952. The smallest absolute Gasteiger partial charge is 0.224 e. The van der Waals surface area contributed by atoms with E-state index in [0.717, 1.165) is 24.9 Å². The van der Waals surface area contributed by atoms with E-state index < -0.39 is 0 Å². The summed E-state index contributed by atoms with van der Waals surface area (Å²) >= 11 is 0. The van der Waals surface area contributed by atoms with Crippen LogP contribution in [0.25, 0.3) is 0 Å². The summed E-state index contributed by atoms with van der Waals surface area (Å²) in [5, 5.41) is 3.09. The van der Waals surface area contributed by atoms with Gasteiger partial charge in [0.1, 0.15) is 0 Å². The number of hydrogen-bond acceptors (Lipinski definition) is 3. The Kier molecular flexibility index (Phi) is 3.27. The number of aryl methyl sites for hydroxylation is 1. The summed E-state index contributed by atoms with van der Waals surface area (Å²) in [5.74, 6) is 0.0611. The molecule has 1 aliphatic heterocycles. The number of carbonyl (C=O) groups is 1. The molecule has 0 aromatic carbocycles. The van der Waals surface area contributed by atoms with Crippen LogP contribution in [0.1, 0.15) is 17.7 Å². The van der Waals surface area contributed by atoms with Gasteiger partial charge in [0.2, 0.25) is 5.91 Å². The van der Waals surface area contributed by atoms with Crippen molar-refractivity contribution >= 4 is 5.91 Å². The van der Waals surface area contributed by atoms with Crippen molar-refractivity contribution in [1.29, 1.82) is 0 Å². The maximum absolute atomic E-state index is 12.0. The third-order valence-electron chi connectivity index (χ3n) is 3.43. The van der Waals surface area contributed by atoms with E-state index in [2.05, 4.69) is 19.9 Å². The Hall–Kier alpha value is -2.17. The zero-order valence-corrected chi connectivity index (χ0v) is 10.6. The van der Waals surface area contributed by atoms with Gasteiger partial charge in [-0.25, -0.2) is 4.98 Å². The van der Waals surface area contributed by atoms with Gasteiger partial charge in [0.25, 0.3) is 0 Å². The van der Waals surface area contributed by atoms with Crippen LogP contribution in [0.4, 0.5) is 0 Å². The first-order chi connectivity index (χ1) is 9.31. The second kappa shape index (κ2) is 5.22. The number of nitrogens with zero attached hydrogens (tertiary/aromatic N) is 3. The van der Waals surface area contributed by atoms with Crippen molar-refractivity contribution in [3.63, 3.8) is 0 Å². The summed E-state index contributed by atoms with van der Waals surface area (Å²) in [7, 11) is 0. The predicted molar refractivity (Wildman–Crippen MR) is 70.4 cm³/mol. The molecule has 0 aliphatic carbocycles. The lowest BCUT2D eigenvalue weighted by atomic mass is 10.0. The van der Waals surface area contributed by atoms with E-state index >= 15 is 0 Å². The molecule has 1 amide bonds. The van der Waals surface area contributed by atoms with Crippen LogP contribution in [0.5, 0.6) is 0 Å². The van der Waals surface area contributed by atoms with E-state index in [9.17, 15) is 4.79 Å². The normalized spacial score (nSPS) is 17.8. The Balaban J connectivity index is 1.56. The highest BCUT2D eigenvalue weighted by Gasteiger charge is 2.20. The van der Waals surface area contributed by atoms with E-state index in [1.165, 1.54) is 5.69 Å². The molecule has 0 spiro atoms. The second-order valence-electron chi connectivity index (χ2n) is 4.87. The fraction of sp³-hybridized carbons (Fsp3) is 0.357. The molecule has 0 fully saturated rings. The molecule has 0 saturated heterocycles. The lowest BCUT2D eigenvalue weighted by molar-refractivity contribution is -0.121. The summed E-state index contributed by atoms with van der Waals surface area (Å²) in [5.41, 5.74) is 2.14. The lowest BCUT2D eigenvalue weighted by Crippen LogP contribution is -2.40. The van der Waals surface area contributed by atoms with E-state index in [-0.39, 0.29) is 11.9 Å². The molecular weight excluding hydrogens is 240 g/mol. The molecule has 5 nitrogen and oxygen atoms in total. The minimum absolute atomic E-state index is 0.0611. The van der Waals surface area contributed by atoms with Crippen molar-refractivity contribution in [3.05, 3.63) is 48.3 Å². The summed E-state index contributed by atoms with van der Waals surface area (Å²) in [6, 6.07) is 3.98. The molecule has 3 rings (SSSR count). The minimum atomic E-state index is 0.0611. The van der Waals surface area contributed by atoms with Crippen LogP contribution in [0, 0.1) is 0 Å². The van der Waals surface area contributed by atoms with Crippen molar-refractivity contribution in [2.24, 2.45) is 0 Å². The molecule has 2 aromatic rings. The maximum Gasteiger partial charge on any atom is 0.224 e. The fourth-order valence-corrected chi connectivity index (χ4v) is 2.46. The molecule has 1 atom stereocenters. The van der Waals surface area contributed by atoms with Gasteiger partial charge in [-0.3, -0.25) is 9.78 Å². The van der Waals surface area contributed by atoms with Gasteiger partial charge in [0.15, 0.2) is 0 Å². The van der Waals surface area contributed by atoms with Crippen molar-refractivity contribution in [3.8, 4) is 0 Å². The summed E-state index contributed by atoms with van der Waals surface area (Å²) in [4.78, 5) is 20.1. The topological polar surface area (TPSA) is 59.8 Å². The molecule has 0 saturated carbocycles. The quantitative estimate of drug-likeness (QED) is 0.889. The number of amides is 1. The second-order valence-corrected chi connectivity index (χ2v) is 4.87. The zero-order valence-electron chi connectivity index (χ0n) is 10.6. The monoisotopic (exact) mass is 256 g/mol. The molecule has 1 aliphatic rings. The Morgan fingerprint density at radius 2 is 2.37 bits per heavy atom. The van der Waals surface area contributed by atoms with Crippen LogP contribution in [0.2, 0.25) is 0 Å². The Labute approximate surface area is 111 Å². The Bertz CT molecular complexity index is 564. The molecular formula is C14H16N4O. The number of imidazole rings is 1. The number of carbonyl (C=O) groups excluding carboxylic acids is 1. The van der Waals surface area contributed by atoms with E-state index in [1.54, 1.807) is 12.4 Å². The van der Waals surface area contributed by atoms with Gasteiger partial charge >= 0.3 is 0 Å². The van der Waals surface area contributed by atoms with Crippen LogP contribution in [-0.4, -0.2) is 26.5 Å². The van der Waals surface area contributed by atoms with Gasteiger partial charge in [-0.1, -0.05) is 6.07 Å². The van der Waals surface area contributed by atoms with E-state index in [1.807, 2.05) is 24.7 Å². The van der Waals surface area contributed by atoms with Gasteiger partial charge < -0.3 is 9.88 Å². The van der Waals surface area contributed by atoms with Gasteiger partial charge in [0, 0.05) is 43.3 Å². The average Bonchev–Trinajstić information content (AvgIpc) is 2.87. The number of aromatic nitrogens is 3. The molecule has 5 heteroatoms. The van der Waals surface area contributed by atoms with Crippen molar-refractivity contribution in [2.75, 3.05) is 0 Å². The first-order valence-electron chi connectivity index (χ1n) is 6.48. The van der Waals surface area contributed by atoms with Crippen molar-refractivity contribution in [2.45, 2.75) is 31.8 Å². The molecule has 1 unspecified atom stereocenters. The fourth-order valence-electron chi connectivity index (χ4n) is 2.46. The number of rotatable bonds is 3. The van der Waals surface area contributed by atoms with E-state index in [0.29, 0.717) is 6.42 Å². The van der Waals surface area contributed by atoms with E-state index in [4.69, 9.17) is 0 Å².